The molecule has 0 aliphatic heterocycles. The van der Waals surface area contributed by atoms with Crippen LogP contribution < -0.4 is 44.3 Å². The molecule has 46 heavy (non-hydrogen) atoms. The monoisotopic (exact) mass is 617 g/mol. The number of hydrogen-bond acceptors (Lipinski definition) is 3. The molecule has 1 unspecified atom stereocenters. The van der Waals surface area contributed by atoms with Gasteiger partial charge in [-0.2, -0.15) is 30.3 Å². The first-order chi connectivity index (χ1) is 22.0. The third-order valence-electron chi connectivity index (χ3n) is 8.90. The SMILES string of the molecule is CCN(CC)c1ccc(C(c2ccc(N(CC)Cc3c[c-]ccc3)cc2)c2ccc(N(CC)Cc3cccc(C)c3)cc2)cc1.[Na+]. The molecule has 0 spiro atoms. The van der Waals surface area contributed by atoms with Crippen LogP contribution >= 0.6 is 0 Å². The molecule has 5 rings (SSSR count). The Morgan fingerprint density at radius 2 is 0.957 bits per heavy atom. The summed E-state index contributed by atoms with van der Waals surface area (Å²) in [5.41, 5.74) is 11.6. The van der Waals surface area contributed by atoms with E-state index in [0.29, 0.717) is 0 Å². The molecule has 0 radical (unpaired) electrons. The minimum atomic E-state index is 0. The predicted molar refractivity (Wildman–Crippen MR) is 194 cm³/mol. The van der Waals surface area contributed by atoms with Crippen LogP contribution in [0.25, 0.3) is 0 Å². The van der Waals surface area contributed by atoms with E-state index in [-0.39, 0.29) is 35.5 Å². The Labute approximate surface area is 300 Å². The molecule has 0 saturated carbocycles. The van der Waals surface area contributed by atoms with Crippen LogP contribution in [0.15, 0.2) is 121 Å². The second-order valence-corrected chi connectivity index (χ2v) is 11.8. The van der Waals surface area contributed by atoms with Gasteiger partial charge in [-0.3, -0.25) is 0 Å². The normalized spacial score (nSPS) is 11.4. The van der Waals surface area contributed by atoms with Crippen molar-refractivity contribution >= 4 is 17.1 Å². The van der Waals surface area contributed by atoms with Crippen LogP contribution in [-0.4, -0.2) is 26.2 Å². The van der Waals surface area contributed by atoms with Crippen molar-refractivity contribution in [3.8, 4) is 0 Å². The smallest absolute Gasteiger partial charge is 0.379 e. The standard InChI is InChI=1S/C42H48N3.Na/c1-6-43(7-2)39-24-18-36(19-25-39)42(37-20-26-40(27-21-37)44(8-3)31-34-15-11-10-12-16-34)38-22-28-41(29-23-38)45(9-4)32-35-17-13-14-33(5)30-35;/h10-11,13-30,42H,6-9,31-32H2,1-5H3;/q-1;+1. The Morgan fingerprint density at radius 3 is 1.37 bits per heavy atom. The maximum Gasteiger partial charge on any atom is 1.00 e. The van der Waals surface area contributed by atoms with E-state index in [9.17, 15) is 0 Å². The van der Waals surface area contributed by atoms with Gasteiger partial charge in [0.2, 0.25) is 0 Å². The van der Waals surface area contributed by atoms with Gasteiger partial charge in [0.1, 0.15) is 0 Å². The van der Waals surface area contributed by atoms with Gasteiger partial charge in [0.25, 0.3) is 0 Å². The minimum Gasteiger partial charge on any atom is -0.379 e. The molecule has 0 aliphatic rings. The third kappa shape index (κ3) is 8.85. The summed E-state index contributed by atoms with van der Waals surface area (Å²) in [6.07, 6.45) is 0. The molecular formula is C42H48N3Na. The largest absolute Gasteiger partial charge is 1.00 e. The molecule has 4 heteroatoms. The Morgan fingerprint density at radius 1 is 0.522 bits per heavy atom. The van der Waals surface area contributed by atoms with Crippen molar-refractivity contribution in [2.75, 3.05) is 40.9 Å². The Kier molecular flexibility index (Phi) is 13.4. The van der Waals surface area contributed by atoms with Gasteiger partial charge in [-0.15, -0.1) is 5.56 Å². The zero-order valence-electron chi connectivity index (χ0n) is 28.7. The number of rotatable bonds is 14. The molecule has 0 N–H and O–H groups in total. The van der Waals surface area contributed by atoms with Crippen LogP contribution in [0.1, 0.15) is 67.0 Å². The minimum absolute atomic E-state index is 0. The van der Waals surface area contributed by atoms with Crippen LogP contribution in [0.3, 0.4) is 0 Å². The van der Waals surface area contributed by atoms with E-state index in [4.69, 9.17) is 0 Å². The first kappa shape index (κ1) is 35.4. The van der Waals surface area contributed by atoms with Gasteiger partial charge in [0.05, 0.1) is 0 Å². The van der Waals surface area contributed by atoms with Crippen LogP contribution in [0.2, 0.25) is 0 Å². The molecule has 0 aliphatic carbocycles. The summed E-state index contributed by atoms with van der Waals surface area (Å²) in [7, 11) is 0. The fourth-order valence-electron chi connectivity index (χ4n) is 6.35. The molecule has 0 heterocycles. The number of benzene rings is 5. The van der Waals surface area contributed by atoms with Gasteiger partial charge in [-0.05, 0) is 99.8 Å². The van der Waals surface area contributed by atoms with Gasteiger partial charge < -0.3 is 14.7 Å². The molecule has 3 nitrogen and oxygen atoms in total. The van der Waals surface area contributed by atoms with Gasteiger partial charge in [-0.25, -0.2) is 0 Å². The fraction of sp³-hybridized carbons (Fsp3) is 0.286. The van der Waals surface area contributed by atoms with Gasteiger partial charge in [0.15, 0.2) is 0 Å². The van der Waals surface area contributed by atoms with Crippen molar-refractivity contribution in [3.05, 3.63) is 161 Å². The van der Waals surface area contributed by atoms with Crippen LogP contribution in [0, 0.1) is 13.0 Å². The maximum absolute atomic E-state index is 3.22. The molecule has 0 fully saturated rings. The summed E-state index contributed by atoms with van der Waals surface area (Å²) in [6, 6.07) is 48.0. The van der Waals surface area contributed by atoms with E-state index in [2.05, 4.69) is 171 Å². The van der Waals surface area contributed by atoms with Crippen LogP contribution in [0.4, 0.5) is 17.1 Å². The zero-order chi connectivity index (χ0) is 31.6. The van der Waals surface area contributed by atoms with Gasteiger partial charge in [0, 0.05) is 55.7 Å². The molecule has 5 aromatic rings. The molecule has 1 atom stereocenters. The first-order valence-electron chi connectivity index (χ1n) is 16.6. The number of anilines is 3. The van der Waals surface area contributed by atoms with Gasteiger partial charge >= 0.3 is 29.6 Å². The average Bonchev–Trinajstić information content (AvgIpc) is 3.09. The summed E-state index contributed by atoms with van der Waals surface area (Å²) in [4.78, 5) is 7.27. The third-order valence-corrected chi connectivity index (χ3v) is 8.90. The van der Waals surface area contributed by atoms with E-state index in [0.717, 1.165) is 39.3 Å². The number of aryl methyl sites for hydroxylation is 1. The van der Waals surface area contributed by atoms with Crippen molar-refractivity contribution < 1.29 is 29.6 Å². The van der Waals surface area contributed by atoms with E-state index >= 15 is 0 Å². The Hall–Kier alpha value is -3.50. The zero-order valence-corrected chi connectivity index (χ0v) is 30.7. The summed E-state index contributed by atoms with van der Waals surface area (Å²) in [5, 5.41) is 0. The molecule has 232 valence electrons. The topological polar surface area (TPSA) is 9.72 Å². The average molecular weight is 618 g/mol. The van der Waals surface area contributed by atoms with Crippen molar-refractivity contribution in [1.82, 2.24) is 0 Å². The van der Waals surface area contributed by atoms with Crippen molar-refractivity contribution in [2.24, 2.45) is 0 Å². The van der Waals surface area contributed by atoms with Gasteiger partial charge in [-0.1, -0.05) is 66.2 Å². The quantitative estimate of drug-likeness (QED) is 0.0765. The summed E-state index contributed by atoms with van der Waals surface area (Å²) >= 11 is 0. The molecule has 0 aromatic heterocycles. The number of nitrogens with zero attached hydrogens (tertiary/aromatic N) is 3. The van der Waals surface area contributed by atoms with E-state index in [1.807, 2.05) is 6.07 Å². The first-order valence-corrected chi connectivity index (χ1v) is 16.6. The Balaban J connectivity index is 0.00000480. The van der Waals surface area contributed by atoms with Crippen molar-refractivity contribution in [3.63, 3.8) is 0 Å². The molecule has 0 amide bonds. The second-order valence-electron chi connectivity index (χ2n) is 11.8. The second kappa shape index (κ2) is 17.4. The van der Waals surface area contributed by atoms with E-state index < -0.39 is 0 Å². The van der Waals surface area contributed by atoms with E-state index in [1.165, 1.54) is 50.4 Å². The predicted octanol–water partition coefficient (Wildman–Crippen LogP) is 6.88. The van der Waals surface area contributed by atoms with E-state index in [1.54, 1.807) is 0 Å². The van der Waals surface area contributed by atoms with Crippen molar-refractivity contribution in [2.45, 2.75) is 53.6 Å². The summed E-state index contributed by atoms with van der Waals surface area (Å²) in [5.74, 6) is 0.143. The molecule has 5 aromatic carbocycles. The fourth-order valence-corrected chi connectivity index (χ4v) is 6.35. The van der Waals surface area contributed by atoms with Crippen LogP contribution in [-0.2, 0) is 13.1 Å². The molecular weight excluding hydrogens is 569 g/mol. The van der Waals surface area contributed by atoms with Crippen molar-refractivity contribution in [1.29, 1.82) is 0 Å². The number of hydrogen-bond donors (Lipinski definition) is 0. The molecule has 0 saturated heterocycles. The van der Waals surface area contributed by atoms with Crippen LogP contribution in [0.5, 0.6) is 0 Å². The molecule has 0 bridgehead atoms. The Bertz CT molecular complexity index is 1590. The maximum atomic E-state index is 3.22. The summed E-state index contributed by atoms with van der Waals surface area (Å²) in [6.45, 7) is 16.8. The summed E-state index contributed by atoms with van der Waals surface area (Å²) < 4.78 is 0.